The van der Waals surface area contributed by atoms with Gasteiger partial charge in [0.1, 0.15) is 5.82 Å². The van der Waals surface area contributed by atoms with E-state index >= 15 is 0 Å². The molecule has 22 heavy (non-hydrogen) atoms. The third kappa shape index (κ3) is 2.49. The van der Waals surface area contributed by atoms with Crippen LogP contribution in [0.15, 0.2) is 6.07 Å². The first-order valence-electron chi connectivity index (χ1n) is 7.67. The molecule has 0 bridgehead atoms. The highest BCUT2D eigenvalue weighted by molar-refractivity contribution is 5.91. The van der Waals surface area contributed by atoms with Gasteiger partial charge in [0.2, 0.25) is 5.91 Å². The standard InChI is InChI=1S/C15H22N4O3/c1-10-6-12(18(2)17-10)16-13(20)8-19-7-11-4-3-5-15(11,9-19)14(21)22/h6,11H,3-5,7-9H2,1-2H3,(H,16,20)(H,21,22)/t11-,15+/m0/s1. The number of hydrogen-bond donors (Lipinski definition) is 2. The molecule has 2 fully saturated rings. The second-order valence-electron chi connectivity index (χ2n) is 6.56. The molecule has 0 spiro atoms. The Morgan fingerprint density at radius 2 is 2.32 bits per heavy atom. The summed E-state index contributed by atoms with van der Waals surface area (Å²) >= 11 is 0. The van der Waals surface area contributed by atoms with Crippen molar-refractivity contribution in [1.29, 1.82) is 0 Å². The van der Waals surface area contributed by atoms with Crippen molar-refractivity contribution in [2.24, 2.45) is 18.4 Å². The smallest absolute Gasteiger partial charge is 0.311 e. The molecule has 3 rings (SSSR count). The number of aromatic nitrogens is 2. The second kappa shape index (κ2) is 5.39. The van der Waals surface area contributed by atoms with E-state index < -0.39 is 11.4 Å². The summed E-state index contributed by atoms with van der Waals surface area (Å²) in [7, 11) is 1.78. The third-order valence-corrected chi connectivity index (χ3v) is 5.00. The lowest BCUT2D eigenvalue weighted by Gasteiger charge is -2.23. The summed E-state index contributed by atoms with van der Waals surface area (Å²) in [6.45, 7) is 3.28. The van der Waals surface area contributed by atoms with Crippen molar-refractivity contribution in [3.63, 3.8) is 0 Å². The van der Waals surface area contributed by atoms with Gasteiger partial charge in [-0.05, 0) is 25.7 Å². The van der Waals surface area contributed by atoms with E-state index in [0.29, 0.717) is 18.9 Å². The van der Waals surface area contributed by atoms with Crippen molar-refractivity contribution in [3.8, 4) is 0 Å². The Balaban J connectivity index is 1.62. The molecule has 1 saturated heterocycles. The van der Waals surface area contributed by atoms with E-state index in [0.717, 1.165) is 25.0 Å². The highest BCUT2D eigenvalue weighted by Gasteiger charge is 2.54. The Hall–Kier alpha value is -1.89. The predicted molar refractivity (Wildman–Crippen MR) is 80.4 cm³/mol. The monoisotopic (exact) mass is 306 g/mol. The Kier molecular flexibility index (Phi) is 3.68. The first-order chi connectivity index (χ1) is 10.4. The number of carbonyl (C=O) groups is 2. The maximum Gasteiger partial charge on any atom is 0.311 e. The molecule has 1 amide bonds. The number of aliphatic carboxylic acids is 1. The van der Waals surface area contributed by atoms with Gasteiger partial charge in [0, 0.05) is 26.2 Å². The van der Waals surface area contributed by atoms with Crippen LogP contribution in [0, 0.1) is 18.3 Å². The third-order valence-electron chi connectivity index (χ3n) is 5.00. The lowest BCUT2D eigenvalue weighted by molar-refractivity contribution is -0.149. The Morgan fingerprint density at radius 1 is 1.55 bits per heavy atom. The van der Waals surface area contributed by atoms with Crippen molar-refractivity contribution in [3.05, 3.63) is 11.8 Å². The minimum absolute atomic E-state index is 0.122. The number of carboxylic acids is 1. The Labute approximate surface area is 129 Å². The zero-order valence-electron chi connectivity index (χ0n) is 13.0. The van der Waals surface area contributed by atoms with Crippen molar-refractivity contribution in [2.45, 2.75) is 26.2 Å². The number of rotatable bonds is 4. The summed E-state index contributed by atoms with van der Waals surface area (Å²) in [5.41, 5.74) is 0.210. The number of nitrogens with one attached hydrogen (secondary N) is 1. The van der Waals surface area contributed by atoms with E-state index in [4.69, 9.17) is 0 Å². The number of amides is 1. The minimum atomic E-state index is -0.708. The molecule has 1 saturated carbocycles. The number of fused-ring (bicyclic) bond motifs is 1. The van der Waals surface area contributed by atoms with E-state index in [2.05, 4.69) is 10.4 Å². The van der Waals surface area contributed by atoms with Crippen LogP contribution in [-0.2, 0) is 16.6 Å². The van der Waals surface area contributed by atoms with Crippen LogP contribution in [0.1, 0.15) is 25.0 Å². The van der Waals surface area contributed by atoms with Gasteiger partial charge in [0.25, 0.3) is 0 Å². The molecule has 2 heterocycles. The molecule has 2 N–H and O–H groups in total. The number of carboxylic acid groups (broad SMARTS) is 1. The maximum absolute atomic E-state index is 12.2. The lowest BCUT2D eigenvalue weighted by atomic mass is 9.81. The molecule has 1 aliphatic heterocycles. The van der Waals surface area contributed by atoms with Crippen LogP contribution in [-0.4, -0.2) is 51.3 Å². The summed E-state index contributed by atoms with van der Waals surface area (Å²) in [6.07, 6.45) is 2.66. The molecule has 120 valence electrons. The van der Waals surface area contributed by atoms with Gasteiger partial charge in [0.05, 0.1) is 17.7 Å². The quantitative estimate of drug-likeness (QED) is 0.861. The van der Waals surface area contributed by atoms with Gasteiger partial charge in [0.15, 0.2) is 0 Å². The summed E-state index contributed by atoms with van der Waals surface area (Å²) in [4.78, 5) is 25.8. The van der Waals surface area contributed by atoms with Crippen LogP contribution >= 0.6 is 0 Å². The van der Waals surface area contributed by atoms with E-state index in [1.807, 2.05) is 17.9 Å². The fourth-order valence-electron chi connectivity index (χ4n) is 3.98. The highest BCUT2D eigenvalue weighted by Crippen LogP contribution is 2.48. The molecule has 0 unspecified atom stereocenters. The van der Waals surface area contributed by atoms with E-state index in [-0.39, 0.29) is 18.4 Å². The first kappa shape index (κ1) is 15.0. The average Bonchev–Trinajstić information content (AvgIpc) is 3.03. The highest BCUT2D eigenvalue weighted by atomic mass is 16.4. The van der Waals surface area contributed by atoms with Crippen LogP contribution < -0.4 is 5.32 Å². The molecule has 1 aromatic rings. The molecule has 7 heteroatoms. The Bertz CT molecular complexity index is 612. The Morgan fingerprint density at radius 3 is 2.91 bits per heavy atom. The molecule has 2 atom stereocenters. The number of aryl methyl sites for hydroxylation is 2. The van der Waals surface area contributed by atoms with Gasteiger partial charge in [-0.1, -0.05) is 6.42 Å². The lowest BCUT2D eigenvalue weighted by Crippen LogP contribution is -2.37. The molecule has 1 aliphatic carbocycles. The van der Waals surface area contributed by atoms with Crippen LogP contribution in [0.4, 0.5) is 5.82 Å². The number of anilines is 1. The van der Waals surface area contributed by atoms with E-state index in [1.54, 1.807) is 11.7 Å². The number of hydrogen-bond acceptors (Lipinski definition) is 4. The summed E-state index contributed by atoms with van der Waals surface area (Å²) in [5.74, 6) is 0.00951. The van der Waals surface area contributed by atoms with Crippen molar-refractivity contribution in [2.75, 3.05) is 25.0 Å². The van der Waals surface area contributed by atoms with Gasteiger partial charge >= 0.3 is 5.97 Å². The van der Waals surface area contributed by atoms with E-state index in [1.165, 1.54) is 0 Å². The average molecular weight is 306 g/mol. The SMILES string of the molecule is Cc1cc(NC(=O)CN2C[C@@H]3CCC[C@@]3(C(=O)O)C2)n(C)n1. The zero-order chi connectivity index (χ0) is 15.9. The van der Waals surface area contributed by atoms with Gasteiger partial charge in [-0.3, -0.25) is 19.2 Å². The summed E-state index contributed by atoms with van der Waals surface area (Å²) in [5, 5.41) is 16.6. The minimum Gasteiger partial charge on any atom is -0.481 e. The molecule has 7 nitrogen and oxygen atoms in total. The maximum atomic E-state index is 12.2. The fourth-order valence-corrected chi connectivity index (χ4v) is 3.98. The van der Waals surface area contributed by atoms with Gasteiger partial charge in [-0.2, -0.15) is 5.10 Å². The largest absolute Gasteiger partial charge is 0.481 e. The topological polar surface area (TPSA) is 87.5 Å². The molecule has 0 radical (unpaired) electrons. The fraction of sp³-hybridized carbons (Fsp3) is 0.667. The van der Waals surface area contributed by atoms with Gasteiger partial charge < -0.3 is 10.4 Å². The van der Waals surface area contributed by atoms with Gasteiger partial charge in [-0.15, -0.1) is 0 Å². The number of carbonyl (C=O) groups excluding carboxylic acids is 1. The molecular weight excluding hydrogens is 284 g/mol. The van der Waals surface area contributed by atoms with Crippen molar-refractivity contribution < 1.29 is 14.7 Å². The first-order valence-corrected chi connectivity index (χ1v) is 7.67. The van der Waals surface area contributed by atoms with E-state index in [9.17, 15) is 14.7 Å². The molecule has 1 aromatic heterocycles. The van der Waals surface area contributed by atoms with Crippen LogP contribution in [0.25, 0.3) is 0 Å². The van der Waals surface area contributed by atoms with Crippen molar-refractivity contribution >= 4 is 17.7 Å². The van der Waals surface area contributed by atoms with Crippen LogP contribution in [0.5, 0.6) is 0 Å². The van der Waals surface area contributed by atoms with Crippen LogP contribution in [0.3, 0.4) is 0 Å². The molecule has 2 aliphatic rings. The summed E-state index contributed by atoms with van der Waals surface area (Å²) in [6, 6.07) is 1.81. The van der Waals surface area contributed by atoms with Crippen molar-refractivity contribution in [1.82, 2.24) is 14.7 Å². The number of likely N-dealkylation sites (tertiary alicyclic amines) is 1. The molecular formula is C15H22N4O3. The van der Waals surface area contributed by atoms with Gasteiger partial charge in [-0.25, -0.2) is 0 Å². The normalized spacial score (nSPS) is 27.8. The molecule has 0 aromatic carbocycles. The van der Waals surface area contributed by atoms with Crippen LogP contribution in [0.2, 0.25) is 0 Å². The number of nitrogens with zero attached hydrogens (tertiary/aromatic N) is 3. The predicted octanol–water partition coefficient (Wildman–Crippen LogP) is 0.854. The zero-order valence-corrected chi connectivity index (χ0v) is 13.0. The second-order valence-corrected chi connectivity index (χ2v) is 6.56. The summed E-state index contributed by atoms with van der Waals surface area (Å²) < 4.78 is 1.63.